The molecule has 0 aromatic carbocycles. The molecule has 2 rings (SSSR count). The van der Waals surface area contributed by atoms with Crippen LogP contribution in [-0.2, 0) is 4.74 Å². The third kappa shape index (κ3) is 2.46. The van der Waals surface area contributed by atoms with Gasteiger partial charge in [-0.1, -0.05) is 32.3 Å². The fourth-order valence-corrected chi connectivity index (χ4v) is 3.18. The Balaban J connectivity index is 2.04. The van der Waals surface area contributed by atoms with Gasteiger partial charge in [-0.3, -0.25) is 0 Å². The molecule has 86 valence electrons. The maximum Gasteiger partial charge on any atom is 0.349 e. The summed E-state index contributed by atoms with van der Waals surface area (Å²) in [5.74, 6) is 0.285. The second-order valence-corrected chi connectivity index (χ2v) is 5.57. The minimum absolute atomic E-state index is 0.270. The molecule has 16 heavy (non-hydrogen) atoms. The van der Waals surface area contributed by atoms with E-state index in [2.05, 4.69) is 16.5 Å². The van der Waals surface area contributed by atoms with Crippen molar-refractivity contribution in [3.63, 3.8) is 0 Å². The molecule has 1 aromatic heterocycles. The van der Waals surface area contributed by atoms with E-state index >= 15 is 0 Å². The van der Waals surface area contributed by atoms with E-state index in [-0.39, 0.29) is 5.97 Å². The molecule has 3 nitrogen and oxygen atoms in total. The van der Waals surface area contributed by atoms with Crippen LogP contribution in [0.3, 0.4) is 0 Å². The molecule has 0 unspecified atom stereocenters. The van der Waals surface area contributed by atoms with Crippen molar-refractivity contribution < 1.29 is 9.53 Å². The van der Waals surface area contributed by atoms with E-state index in [1.54, 1.807) is 6.20 Å². The van der Waals surface area contributed by atoms with E-state index in [1.807, 2.05) is 0 Å². The molecule has 1 aliphatic heterocycles. The predicted octanol–water partition coefficient (Wildman–Crippen LogP) is 2.93. The summed E-state index contributed by atoms with van der Waals surface area (Å²) >= 11 is 1.49. The standard InChI is InChI=1S/C11H16BNO2S/c1-12-5-3-8(4-6-12)10-13-7-9(16-10)11(14)15-2/h7-8H,3-6H2,1-2H3. The lowest BCUT2D eigenvalue weighted by atomic mass is 9.42. The Hall–Kier alpha value is -0.835. The SMILES string of the molecule is COC(=O)c1cnc(C2CCB(C)CC2)s1. The third-order valence-corrected chi connectivity index (χ3v) is 4.42. The van der Waals surface area contributed by atoms with Gasteiger partial charge in [0.1, 0.15) is 11.6 Å². The fraction of sp³-hybridized carbons (Fsp3) is 0.636. The van der Waals surface area contributed by atoms with E-state index in [0.717, 1.165) is 11.7 Å². The van der Waals surface area contributed by atoms with E-state index in [4.69, 9.17) is 0 Å². The Morgan fingerprint density at radius 1 is 1.56 bits per heavy atom. The van der Waals surface area contributed by atoms with Gasteiger partial charge < -0.3 is 4.74 Å². The van der Waals surface area contributed by atoms with Crippen molar-refractivity contribution in [1.82, 2.24) is 4.98 Å². The highest BCUT2D eigenvalue weighted by Gasteiger charge is 2.24. The highest BCUT2D eigenvalue weighted by Crippen LogP contribution is 2.35. The molecule has 1 fully saturated rings. The Bertz CT molecular complexity index is 372. The van der Waals surface area contributed by atoms with E-state index < -0.39 is 0 Å². The van der Waals surface area contributed by atoms with Gasteiger partial charge in [-0.05, 0) is 0 Å². The summed E-state index contributed by atoms with van der Waals surface area (Å²) in [6, 6.07) is 0. The third-order valence-electron chi connectivity index (χ3n) is 3.28. The number of thiazole rings is 1. The summed E-state index contributed by atoms with van der Waals surface area (Å²) in [6.45, 7) is 3.15. The highest BCUT2D eigenvalue weighted by molar-refractivity contribution is 7.13. The molecule has 0 spiro atoms. The smallest absolute Gasteiger partial charge is 0.349 e. The molecule has 5 heteroatoms. The lowest BCUT2D eigenvalue weighted by molar-refractivity contribution is 0.0606. The molecule has 0 aliphatic carbocycles. The zero-order valence-corrected chi connectivity index (χ0v) is 10.5. The molecular weight excluding hydrogens is 221 g/mol. The van der Waals surface area contributed by atoms with Crippen LogP contribution >= 0.6 is 11.3 Å². The average molecular weight is 237 g/mol. The van der Waals surface area contributed by atoms with Crippen molar-refractivity contribution in [3.05, 3.63) is 16.1 Å². The van der Waals surface area contributed by atoms with Crippen molar-refractivity contribution in [2.75, 3.05) is 7.11 Å². The van der Waals surface area contributed by atoms with Gasteiger partial charge in [-0.15, -0.1) is 11.3 Å². The van der Waals surface area contributed by atoms with Gasteiger partial charge >= 0.3 is 5.97 Å². The number of carbonyl (C=O) groups is 1. The number of hydrogen-bond donors (Lipinski definition) is 0. The van der Waals surface area contributed by atoms with Gasteiger partial charge in [0, 0.05) is 5.92 Å². The molecule has 1 aliphatic rings. The lowest BCUT2D eigenvalue weighted by Crippen LogP contribution is -2.16. The molecule has 1 saturated heterocycles. The van der Waals surface area contributed by atoms with Crippen LogP contribution in [0.5, 0.6) is 0 Å². The minimum Gasteiger partial charge on any atom is -0.465 e. The van der Waals surface area contributed by atoms with Gasteiger partial charge in [0.25, 0.3) is 0 Å². The molecule has 0 bridgehead atoms. The van der Waals surface area contributed by atoms with Crippen molar-refractivity contribution in [2.45, 2.75) is 38.2 Å². The molecule has 0 radical (unpaired) electrons. The first-order valence-electron chi connectivity index (χ1n) is 5.74. The fourth-order valence-electron chi connectivity index (χ4n) is 2.18. The van der Waals surface area contributed by atoms with Crippen LogP contribution in [0.1, 0.15) is 33.4 Å². The van der Waals surface area contributed by atoms with Crippen LogP contribution in [-0.4, -0.2) is 24.8 Å². The Morgan fingerprint density at radius 3 is 2.88 bits per heavy atom. The van der Waals surface area contributed by atoms with Gasteiger partial charge in [-0.25, -0.2) is 9.78 Å². The van der Waals surface area contributed by atoms with E-state index in [0.29, 0.717) is 10.8 Å². The first-order valence-corrected chi connectivity index (χ1v) is 6.56. The molecule has 0 atom stereocenters. The van der Waals surface area contributed by atoms with Gasteiger partial charge in [0.2, 0.25) is 0 Å². The quantitative estimate of drug-likeness (QED) is 0.586. The second-order valence-electron chi connectivity index (χ2n) is 4.51. The molecule has 1 aromatic rings. The van der Waals surface area contributed by atoms with Crippen LogP contribution in [0, 0.1) is 0 Å². The zero-order valence-electron chi connectivity index (χ0n) is 9.73. The summed E-state index contributed by atoms with van der Waals surface area (Å²) in [4.78, 5) is 16.3. The Labute approximate surface area is 100 Å². The zero-order chi connectivity index (χ0) is 11.5. The highest BCUT2D eigenvalue weighted by atomic mass is 32.1. The number of ether oxygens (including phenoxy) is 1. The van der Waals surface area contributed by atoms with Crippen LogP contribution < -0.4 is 0 Å². The monoisotopic (exact) mass is 237 g/mol. The van der Waals surface area contributed by atoms with Crippen molar-refractivity contribution in [3.8, 4) is 0 Å². The summed E-state index contributed by atoms with van der Waals surface area (Å²) in [6.07, 6.45) is 6.60. The van der Waals surface area contributed by atoms with Crippen LogP contribution in [0.4, 0.5) is 0 Å². The second kappa shape index (κ2) is 5.00. The Morgan fingerprint density at radius 2 is 2.25 bits per heavy atom. The lowest BCUT2D eigenvalue weighted by Gasteiger charge is -2.22. The van der Waals surface area contributed by atoms with E-state index in [1.165, 1.54) is 43.9 Å². The number of aromatic nitrogens is 1. The molecule has 2 heterocycles. The normalized spacial score (nSPS) is 17.5. The number of methoxy groups -OCH3 is 1. The van der Waals surface area contributed by atoms with Crippen molar-refractivity contribution >= 4 is 24.0 Å². The largest absolute Gasteiger partial charge is 0.465 e. The first-order chi connectivity index (χ1) is 7.70. The maximum absolute atomic E-state index is 11.3. The van der Waals surface area contributed by atoms with Gasteiger partial charge in [0.05, 0.1) is 18.3 Å². The van der Waals surface area contributed by atoms with Crippen LogP contribution in [0.2, 0.25) is 19.5 Å². The molecular formula is C11H16BNO2S. The average Bonchev–Trinajstić information content (AvgIpc) is 2.78. The number of hydrogen-bond acceptors (Lipinski definition) is 4. The predicted molar refractivity (Wildman–Crippen MR) is 66.7 cm³/mol. The van der Waals surface area contributed by atoms with Crippen LogP contribution in [0.25, 0.3) is 0 Å². The Kier molecular flexibility index (Phi) is 3.64. The number of esters is 1. The van der Waals surface area contributed by atoms with Crippen molar-refractivity contribution in [1.29, 1.82) is 0 Å². The number of rotatable bonds is 2. The molecule has 0 saturated carbocycles. The first kappa shape index (κ1) is 11.6. The minimum atomic E-state index is -0.270. The maximum atomic E-state index is 11.3. The van der Waals surface area contributed by atoms with Gasteiger partial charge in [0.15, 0.2) is 0 Å². The summed E-state index contributed by atoms with van der Waals surface area (Å²) in [5.41, 5.74) is 0. The van der Waals surface area contributed by atoms with Crippen molar-refractivity contribution in [2.24, 2.45) is 0 Å². The van der Waals surface area contributed by atoms with Gasteiger partial charge in [-0.2, -0.15) is 0 Å². The number of carbonyl (C=O) groups excluding carboxylic acids is 1. The number of nitrogens with zero attached hydrogens (tertiary/aromatic N) is 1. The van der Waals surface area contributed by atoms with Crippen LogP contribution in [0.15, 0.2) is 6.20 Å². The summed E-state index contributed by atoms with van der Waals surface area (Å²) in [5, 5.41) is 1.10. The molecule has 0 amide bonds. The molecule has 0 N–H and O–H groups in total. The van der Waals surface area contributed by atoms with E-state index in [9.17, 15) is 4.79 Å². The summed E-state index contributed by atoms with van der Waals surface area (Å²) < 4.78 is 4.69. The summed E-state index contributed by atoms with van der Waals surface area (Å²) in [7, 11) is 1.41. The topological polar surface area (TPSA) is 39.2 Å².